The van der Waals surface area contributed by atoms with E-state index in [0.29, 0.717) is 11.6 Å². The number of fused-ring (bicyclic) bond motifs is 1. The number of aryl methyl sites for hydroxylation is 1. The van der Waals surface area contributed by atoms with Crippen molar-refractivity contribution in [2.75, 3.05) is 19.6 Å². The van der Waals surface area contributed by atoms with E-state index in [2.05, 4.69) is 20.4 Å². The average Bonchev–Trinajstić information content (AvgIpc) is 3.30. The fourth-order valence-corrected chi connectivity index (χ4v) is 3.91. The zero-order valence-corrected chi connectivity index (χ0v) is 13.9. The van der Waals surface area contributed by atoms with Crippen LogP contribution >= 0.6 is 0 Å². The van der Waals surface area contributed by atoms with E-state index in [4.69, 9.17) is 4.42 Å². The molecule has 0 unspecified atom stereocenters. The van der Waals surface area contributed by atoms with Crippen molar-refractivity contribution < 1.29 is 9.21 Å². The standard InChI is InChI=1S/C18H24N4O2/c23-18(17-15-6-1-7-16(15)20-21-17)19-10-13-4-2-8-22(11-13)12-14-5-3-9-24-14/h3,5,9,13H,1-2,4,6-8,10-12H2,(H,19,23)(H,20,21)/t13-/m1/s1. The van der Waals surface area contributed by atoms with Crippen molar-refractivity contribution in [1.29, 1.82) is 0 Å². The number of hydrogen-bond donors (Lipinski definition) is 2. The van der Waals surface area contributed by atoms with E-state index < -0.39 is 0 Å². The van der Waals surface area contributed by atoms with Crippen LogP contribution in [0.4, 0.5) is 0 Å². The number of H-pyrrole nitrogens is 1. The lowest BCUT2D eigenvalue weighted by Gasteiger charge is -2.32. The summed E-state index contributed by atoms with van der Waals surface area (Å²) in [5, 5.41) is 10.3. The van der Waals surface area contributed by atoms with Gasteiger partial charge in [-0.2, -0.15) is 5.10 Å². The van der Waals surface area contributed by atoms with E-state index in [1.165, 1.54) is 6.42 Å². The van der Waals surface area contributed by atoms with Crippen LogP contribution in [0.2, 0.25) is 0 Å². The third-order valence-electron chi connectivity index (χ3n) is 5.14. The van der Waals surface area contributed by atoms with Gasteiger partial charge in [-0.3, -0.25) is 14.8 Å². The van der Waals surface area contributed by atoms with Crippen LogP contribution in [0, 0.1) is 5.92 Å². The van der Waals surface area contributed by atoms with E-state index in [0.717, 1.165) is 68.9 Å². The fraction of sp³-hybridized carbons (Fsp3) is 0.556. The number of piperidine rings is 1. The topological polar surface area (TPSA) is 74.2 Å². The minimum absolute atomic E-state index is 0.0300. The molecular formula is C18H24N4O2. The monoisotopic (exact) mass is 328 g/mol. The summed E-state index contributed by atoms with van der Waals surface area (Å²) in [4.78, 5) is 14.8. The molecule has 1 atom stereocenters. The number of rotatable bonds is 5. The van der Waals surface area contributed by atoms with Gasteiger partial charge in [-0.05, 0) is 56.7 Å². The number of nitrogens with one attached hydrogen (secondary N) is 2. The first kappa shape index (κ1) is 15.4. The number of aromatic amines is 1. The van der Waals surface area contributed by atoms with Gasteiger partial charge in [0.2, 0.25) is 0 Å². The van der Waals surface area contributed by atoms with Crippen LogP contribution < -0.4 is 5.32 Å². The highest BCUT2D eigenvalue weighted by atomic mass is 16.3. The Bertz CT molecular complexity index is 692. The molecule has 4 rings (SSSR count). The van der Waals surface area contributed by atoms with Crippen molar-refractivity contribution in [3.05, 3.63) is 41.1 Å². The number of carbonyl (C=O) groups excluding carboxylic acids is 1. The lowest BCUT2D eigenvalue weighted by atomic mass is 9.98. The number of furan rings is 1. The first-order chi connectivity index (χ1) is 11.8. The number of aromatic nitrogens is 2. The molecule has 0 radical (unpaired) electrons. The summed E-state index contributed by atoms with van der Waals surface area (Å²) in [5.41, 5.74) is 2.86. The number of nitrogens with zero attached hydrogens (tertiary/aromatic N) is 2. The fourth-order valence-electron chi connectivity index (χ4n) is 3.91. The minimum Gasteiger partial charge on any atom is -0.468 e. The summed E-state index contributed by atoms with van der Waals surface area (Å²) in [5.74, 6) is 1.47. The molecule has 1 aliphatic heterocycles. The molecule has 6 nitrogen and oxygen atoms in total. The summed E-state index contributed by atoms with van der Waals surface area (Å²) < 4.78 is 5.44. The number of hydrogen-bond acceptors (Lipinski definition) is 4. The Labute approximate surface area is 141 Å². The predicted molar refractivity (Wildman–Crippen MR) is 89.7 cm³/mol. The second-order valence-electron chi connectivity index (χ2n) is 6.92. The van der Waals surface area contributed by atoms with Gasteiger partial charge in [0.25, 0.3) is 5.91 Å². The molecule has 1 fully saturated rings. The molecule has 128 valence electrons. The maximum atomic E-state index is 12.4. The van der Waals surface area contributed by atoms with E-state index in [1.54, 1.807) is 6.26 Å². The maximum absolute atomic E-state index is 12.4. The van der Waals surface area contributed by atoms with Crippen LogP contribution in [0.5, 0.6) is 0 Å². The Hall–Kier alpha value is -2.08. The lowest BCUT2D eigenvalue weighted by Crippen LogP contribution is -2.40. The van der Waals surface area contributed by atoms with Crippen LogP contribution in [0.25, 0.3) is 0 Å². The molecule has 6 heteroatoms. The molecule has 1 amide bonds. The second kappa shape index (κ2) is 6.81. The minimum atomic E-state index is -0.0300. The molecule has 0 aromatic carbocycles. The smallest absolute Gasteiger partial charge is 0.272 e. The van der Waals surface area contributed by atoms with Crippen molar-refractivity contribution in [2.45, 2.75) is 38.6 Å². The Kier molecular flexibility index (Phi) is 4.38. The molecule has 24 heavy (non-hydrogen) atoms. The Balaban J connectivity index is 1.29. The highest BCUT2D eigenvalue weighted by molar-refractivity contribution is 5.94. The number of likely N-dealkylation sites (tertiary alicyclic amines) is 1. The van der Waals surface area contributed by atoms with Crippen LogP contribution in [0.15, 0.2) is 22.8 Å². The van der Waals surface area contributed by atoms with Gasteiger partial charge in [-0.25, -0.2) is 0 Å². The van der Waals surface area contributed by atoms with Gasteiger partial charge >= 0.3 is 0 Å². The molecule has 0 spiro atoms. The van der Waals surface area contributed by atoms with E-state index in [1.807, 2.05) is 12.1 Å². The maximum Gasteiger partial charge on any atom is 0.272 e. The molecule has 3 heterocycles. The molecule has 1 saturated heterocycles. The van der Waals surface area contributed by atoms with E-state index >= 15 is 0 Å². The quantitative estimate of drug-likeness (QED) is 0.882. The van der Waals surface area contributed by atoms with Gasteiger partial charge in [-0.15, -0.1) is 0 Å². The van der Waals surface area contributed by atoms with Crippen molar-refractivity contribution >= 4 is 5.91 Å². The lowest BCUT2D eigenvalue weighted by molar-refractivity contribution is 0.0922. The largest absolute Gasteiger partial charge is 0.468 e. The zero-order valence-electron chi connectivity index (χ0n) is 13.9. The van der Waals surface area contributed by atoms with Crippen molar-refractivity contribution in [1.82, 2.24) is 20.4 Å². The summed E-state index contributed by atoms with van der Waals surface area (Å²) in [6.45, 7) is 3.66. The molecule has 1 aliphatic carbocycles. The molecule has 2 aromatic rings. The predicted octanol–water partition coefficient (Wildman–Crippen LogP) is 2.13. The Morgan fingerprint density at radius 1 is 1.42 bits per heavy atom. The summed E-state index contributed by atoms with van der Waals surface area (Å²) in [6.07, 6.45) is 7.15. The molecule has 2 N–H and O–H groups in total. The highest BCUT2D eigenvalue weighted by Gasteiger charge is 2.25. The van der Waals surface area contributed by atoms with Gasteiger partial charge < -0.3 is 9.73 Å². The van der Waals surface area contributed by atoms with Gasteiger partial charge in [0.05, 0.1) is 12.8 Å². The van der Waals surface area contributed by atoms with Crippen LogP contribution in [-0.4, -0.2) is 40.6 Å². The van der Waals surface area contributed by atoms with Gasteiger partial charge in [-0.1, -0.05) is 0 Å². The SMILES string of the molecule is O=C(NC[C@H]1CCCN(Cc2ccco2)C1)c1n[nH]c2c1CCC2. The first-order valence-electron chi connectivity index (χ1n) is 8.88. The van der Waals surface area contributed by atoms with Gasteiger partial charge in [0.15, 0.2) is 5.69 Å². The number of amides is 1. The Morgan fingerprint density at radius 3 is 3.25 bits per heavy atom. The van der Waals surface area contributed by atoms with E-state index in [-0.39, 0.29) is 5.91 Å². The molecule has 2 aromatic heterocycles. The van der Waals surface area contributed by atoms with Crippen LogP contribution in [-0.2, 0) is 19.4 Å². The van der Waals surface area contributed by atoms with Crippen molar-refractivity contribution in [3.63, 3.8) is 0 Å². The average molecular weight is 328 g/mol. The van der Waals surface area contributed by atoms with Gasteiger partial charge in [0.1, 0.15) is 5.76 Å². The molecule has 0 bridgehead atoms. The zero-order chi connectivity index (χ0) is 16.4. The molecule has 0 saturated carbocycles. The third kappa shape index (κ3) is 3.24. The third-order valence-corrected chi connectivity index (χ3v) is 5.14. The molecular weight excluding hydrogens is 304 g/mol. The van der Waals surface area contributed by atoms with Crippen LogP contribution in [0.1, 0.15) is 46.8 Å². The van der Waals surface area contributed by atoms with Crippen LogP contribution in [0.3, 0.4) is 0 Å². The highest BCUT2D eigenvalue weighted by Crippen LogP contribution is 2.23. The normalized spacial score (nSPS) is 20.9. The summed E-state index contributed by atoms with van der Waals surface area (Å²) in [7, 11) is 0. The molecule has 2 aliphatic rings. The van der Waals surface area contributed by atoms with Crippen molar-refractivity contribution in [3.8, 4) is 0 Å². The van der Waals surface area contributed by atoms with Crippen molar-refractivity contribution in [2.24, 2.45) is 5.92 Å². The van der Waals surface area contributed by atoms with Gasteiger partial charge in [0, 0.05) is 24.3 Å². The second-order valence-corrected chi connectivity index (χ2v) is 6.92. The summed E-state index contributed by atoms with van der Waals surface area (Å²) in [6, 6.07) is 3.95. The summed E-state index contributed by atoms with van der Waals surface area (Å²) >= 11 is 0. The van der Waals surface area contributed by atoms with E-state index in [9.17, 15) is 4.79 Å². The first-order valence-corrected chi connectivity index (χ1v) is 8.88. The number of carbonyl (C=O) groups is 1. The Morgan fingerprint density at radius 2 is 2.38 bits per heavy atom.